The second-order valence-corrected chi connectivity index (χ2v) is 5.74. The topological polar surface area (TPSA) is 49.3 Å². The maximum atomic E-state index is 10.9. The highest BCUT2D eigenvalue weighted by molar-refractivity contribution is 9.10. The first kappa shape index (κ1) is 13.1. The molecule has 0 atom stereocenters. The number of carboxylic acid groups (broad SMARTS) is 1. The van der Waals surface area contributed by atoms with Crippen molar-refractivity contribution in [1.29, 1.82) is 0 Å². The van der Waals surface area contributed by atoms with Gasteiger partial charge >= 0.3 is 5.97 Å². The molecule has 0 saturated heterocycles. The van der Waals surface area contributed by atoms with Crippen LogP contribution >= 0.6 is 27.3 Å². The number of halogens is 1. The Morgan fingerprint density at radius 2 is 2.22 bits per heavy atom. The van der Waals surface area contributed by atoms with Crippen LogP contribution in [0.4, 0.5) is 5.69 Å². The molecule has 0 unspecified atom stereocenters. The second kappa shape index (κ2) is 6.02. The van der Waals surface area contributed by atoms with E-state index >= 15 is 0 Å². The molecule has 1 heterocycles. The lowest BCUT2D eigenvalue weighted by molar-refractivity contribution is 0.0697. The quantitative estimate of drug-likeness (QED) is 0.877. The predicted molar refractivity (Wildman–Crippen MR) is 77.6 cm³/mol. The standard InChI is InChI=1S/C13H12BrNO2S/c14-10-6-9(13(16)17)7-11(8-10)15-4-3-12-2-1-5-18-12/h1-2,5-8,15H,3-4H2,(H,16,17). The van der Waals surface area contributed by atoms with Crippen LogP contribution in [0.2, 0.25) is 0 Å². The maximum Gasteiger partial charge on any atom is 0.335 e. The van der Waals surface area contributed by atoms with Crippen molar-refractivity contribution >= 4 is 38.9 Å². The fourth-order valence-electron chi connectivity index (χ4n) is 1.60. The molecule has 0 saturated carbocycles. The van der Waals surface area contributed by atoms with Gasteiger partial charge in [0.05, 0.1) is 5.56 Å². The Morgan fingerprint density at radius 1 is 1.39 bits per heavy atom. The first-order valence-corrected chi connectivity index (χ1v) is 7.12. The van der Waals surface area contributed by atoms with Crippen LogP contribution in [0.15, 0.2) is 40.2 Å². The second-order valence-electron chi connectivity index (χ2n) is 3.79. The first-order chi connectivity index (χ1) is 8.65. The molecule has 0 aliphatic heterocycles. The van der Waals surface area contributed by atoms with Crippen molar-refractivity contribution in [2.45, 2.75) is 6.42 Å². The van der Waals surface area contributed by atoms with Gasteiger partial charge in [0.25, 0.3) is 0 Å². The normalized spacial score (nSPS) is 10.3. The van der Waals surface area contributed by atoms with Gasteiger partial charge in [-0.15, -0.1) is 11.3 Å². The van der Waals surface area contributed by atoms with Gasteiger partial charge in [-0.05, 0) is 36.1 Å². The molecule has 0 aliphatic carbocycles. The molecule has 0 radical (unpaired) electrons. The van der Waals surface area contributed by atoms with E-state index in [0.717, 1.165) is 23.1 Å². The van der Waals surface area contributed by atoms with Gasteiger partial charge in [0, 0.05) is 21.6 Å². The van der Waals surface area contributed by atoms with Gasteiger partial charge < -0.3 is 10.4 Å². The van der Waals surface area contributed by atoms with E-state index in [1.165, 1.54) is 4.88 Å². The fraction of sp³-hybridized carbons (Fsp3) is 0.154. The lowest BCUT2D eigenvalue weighted by atomic mass is 10.2. The molecule has 2 N–H and O–H groups in total. The summed E-state index contributed by atoms with van der Waals surface area (Å²) in [4.78, 5) is 12.2. The Kier molecular flexibility index (Phi) is 4.38. The van der Waals surface area contributed by atoms with E-state index in [2.05, 4.69) is 32.7 Å². The molecule has 18 heavy (non-hydrogen) atoms. The van der Waals surface area contributed by atoms with Crippen molar-refractivity contribution in [2.75, 3.05) is 11.9 Å². The number of thiophene rings is 1. The van der Waals surface area contributed by atoms with Gasteiger partial charge in [0.15, 0.2) is 0 Å². The molecule has 0 aliphatic rings. The van der Waals surface area contributed by atoms with Crippen LogP contribution in [-0.2, 0) is 6.42 Å². The highest BCUT2D eigenvalue weighted by Crippen LogP contribution is 2.20. The van der Waals surface area contributed by atoms with Crippen molar-refractivity contribution < 1.29 is 9.90 Å². The molecule has 94 valence electrons. The number of benzene rings is 1. The van der Waals surface area contributed by atoms with Crippen molar-refractivity contribution in [2.24, 2.45) is 0 Å². The Morgan fingerprint density at radius 3 is 2.89 bits per heavy atom. The van der Waals surface area contributed by atoms with Crippen molar-refractivity contribution in [3.63, 3.8) is 0 Å². The Balaban J connectivity index is 1.98. The summed E-state index contributed by atoms with van der Waals surface area (Å²) in [5.74, 6) is -0.919. The van der Waals surface area contributed by atoms with Crippen molar-refractivity contribution in [3.05, 3.63) is 50.6 Å². The molecule has 3 nitrogen and oxygen atoms in total. The Hall–Kier alpha value is -1.33. The van der Waals surface area contributed by atoms with Crippen LogP contribution in [0.1, 0.15) is 15.2 Å². The molecule has 0 amide bonds. The number of hydrogen-bond acceptors (Lipinski definition) is 3. The zero-order valence-electron chi connectivity index (χ0n) is 9.52. The van der Waals surface area contributed by atoms with Crippen LogP contribution in [-0.4, -0.2) is 17.6 Å². The number of hydrogen-bond donors (Lipinski definition) is 2. The zero-order valence-corrected chi connectivity index (χ0v) is 11.9. The molecule has 0 bridgehead atoms. The van der Waals surface area contributed by atoms with Crippen molar-refractivity contribution in [3.8, 4) is 0 Å². The third kappa shape index (κ3) is 3.58. The summed E-state index contributed by atoms with van der Waals surface area (Å²) in [5.41, 5.74) is 1.10. The number of carbonyl (C=O) groups is 1. The van der Waals surface area contributed by atoms with Crippen LogP contribution in [0, 0.1) is 0 Å². The van der Waals surface area contributed by atoms with E-state index in [-0.39, 0.29) is 5.56 Å². The van der Waals surface area contributed by atoms with Crippen LogP contribution in [0.5, 0.6) is 0 Å². The average Bonchev–Trinajstić information content (AvgIpc) is 2.81. The third-order valence-electron chi connectivity index (χ3n) is 2.43. The van der Waals surface area contributed by atoms with Gasteiger partial charge in [-0.25, -0.2) is 4.79 Å². The van der Waals surface area contributed by atoms with E-state index in [1.807, 2.05) is 12.1 Å². The van der Waals surface area contributed by atoms with Crippen molar-refractivity contribution in [1.82, 2.24) is 0 Å². The number of carboxylic acids is 1. The summed E-state index contributed by atoms with van der Waals surface area (Å²) in [6.07, 6.45) is 0.937. The summed E-state index contributed by atoms with van der Waals surface area (Å²) in [7, 11) is 0. The summed E-state index contributed by atoms with van der Waals surface area (Å²) in [5, 5.41) is 14.2. The number of nitrogens with one attached hydrogen (secondary N) is 1. The summed E-state index contributed by atoms with van der Waals surface area (Å²) < 4.78 is 0.765. The molecule has 0 fully saturated rings. The van der Waals surface area contributed by atoms with Gasteiger partial charge in [0.2, 0.25) is 0 Å². The fourth-order valence-corrected chi connectivity index (χ4v) is 2.80. The molecule has 2 aromatic rings. The highest BCUT2D eigenvalue weighted by atomic mass is 79.9. The van der Waals surface area contributed by atoms with Crippen LogP contribution in [0.25, 0.3) is 0 Å². The Labute approximate surface area is 118 Å². The minimum absolute atomic E-state index is 0.281. The number of rotatable bonds is 5. The number of aromatic carboxylic acids is 1. The molecular formula is C13H12BrNO2S. The monoisotopic (exact) mass is 325 g/mol. The SMILES string of the molecule is O=C(O)c1cc(Br)cc(NCCc2cccs2)c1. The highest BCUT2D eigenvalue weighted by Gasteiger charge is 2.05. The van der Waals surface area contributed by atoms with E-state index in [4.69, 9.17) is 5.11 Å². The van der Waals surface area contributed by atoms with Gasteiger partial charge in [-0.2, -0.15) is 0 Å². The van der Waals surface area contributed by atoms with Gasteiger partial charge in [-0.3, -0.25) is 0 Å². The van der Waals surface area contributed by atoms with E-state index in [0.29, 0.717) is 0 Å². The molecule has 0 spiro atoms. The van der Waals surface area contributed by atoms with E-state index < -0.39 is 5.97 Å². The summed E-state index contributed by atoms with van der Waals surface area (Å²) >= 11 is 5.04. The number of anilines is 1. The molecule has 2 rings (SSSR count). The van der Waals surface area contributed by atoms with Crippen LogP contribution in [0.3, 0.4) is 0 Å². The minimum Gasteiger partial charge on any atom is -0.478 e. The lowest BCUT2D eigenvalue weighted by Gasteiger charge is -2.07. The van der Waals surface area contributed by atoms with E-state index in [1.54, 1.807) is 23.5 Å². The molecule has 5 heteroatoms. The maximum absolute atomic E-state index is 10.9. The minimum atomic E-state index is -0.919. The average molecular weight is 326 g/mol. The molecular weight excluding hydrogens is 314 g/mol. The van der Waals surface area contributed by atoms with Gasteiger partial charge in [-0.1, -0.05) is 22.0 Å². The third-order valence-corrected chi connectivity index (χ3v) is 3.82. The lowest BCUT2D eigenvalue weighted by Crippen LogP contribution is -2.05. The Bertz CT molecular complexity index is 540. The largest absolute Gasteiger partial charge is 0.478 e. The van der Waals surface area contributed by atoms with E-state index in [9.17, 15) is 4.79 Å². The van der Waals surface area contributed by atoms with Gasteiger partial charge in [0.1, 0.15) is 0 Å². The summed E-state index contributed by atoms with van der Waals surface area (Å²) in [6, 6.07) is 9.23. The predicted octanol–water partition coefficient (Wildman–Crippen LogP) is 3.86. The smallest absolute Gasteiger partial charge is 0.335 e. The first-order valence-electron chi connectivity index (χ1n) is 5.45. The van der Waals surface area contributed by atoms with Crippen LogP contribution < -0.4 is 5.32 Å². The summed E-state index contributed by atoms with van der Waals surface area (Å²) in [6.45, 7) is 0.788. The molecule has 1 aromatic heterocycles. The zero-order chi connectivity index (χ0) is 13.0. The molecule has 1 aromatic carbocycles.